The van der Waals surface area contributed by atoms with Crippen LogP contribution in [0.3, 0.4) is 0 Å². The number of nitrogens with one attached hydrogen (secondary N) is 1. The third-order valence-corrected chi connectivity index (χ3v) is 20.7. The van der Waals surface area contributed by atoms with Gasteiger partial charge in [0, 0.05) is 149 Å². The van der Waals surface area contributed by atoms with E-state index < -0.39 is 17.7 Å². The number of fused-ring (bicyclic) bond motifs is 3. The summed E-state index contributed by atoms with van der Waals surface area (Å²) in [7, 11) is 0. The molecule has 10 aromatic rings. The molecule has 3 aliphatic heterocycles. The van der Waals surface area contributed by atoms with E-state index in [0.717, 1.165) is 186 Å². The van der Waals surface area contributed by atoms with E-state index in [9.17, 15) is 24.3 Å². The number of aromatic nitrogens is 3. The average molecular weight is 1370 g/mol. The summed E-state index contributed by atoms with van der Waals surface area (Å²) in [5.74, 6) is 0.907. The highest BCUT2D eigenvalue weighted by Gasteiger charge is 2.32. The Kier molecular flexibility index (Phi) is 21.6. The smallest absolute Gasteiger partial charge is 0.412 e. The van der Waals surface area contributed by atoms with Crippen LogP contribution in [0.1, 0.15) is 136 Å². The van der Waals surface area contributed by atoms with Crippen LogP contribution in [0.25, 0.3) is 55.0 Å². The van der Waals surface area contributed by atoms with Crippen molar-refractivity contribution in [2.75, 3.05) is 110 Å². The summed E-state index contributed by atoms with van der Waals surface area (Å²) in [6, 6.07) is 50.5. The van der Waals surface area contributed by atoms with Gasteiger partial charge in [-0.1, -0.05) is 72.8 Å². The Bertz CT molecular complexity index is 4620. The number of amides is 1. The number of rotatable bonds is 22. The van der Waals surface area contributed by atoms with Crippen LogP contribution in [0, 0.1) is 0 Å². The number of hydrogen-bond acceptors (Lipinski definition) is 12. The van der Waals surface area contributed by atoms with Gasteiger partial charge in [-0.05, 0) is 206 Å². The van der Waals surface area contributed by atoms with Crippen LogP contribution in [0.2, 0.25) is 0 Å². The van der Waals surface area contributed by atoms with E-state index in [2.05, 4.69) is 101 Å². The van der Waals surface area contributed by atoms with Crippen LogP contribution in [-0.4, -0.2) is 161 Å². The monoisotopic (exact) mass is 1370 g/mol. The molecule has 6 aliphatic rings. The second kappa shape index (κ2) is 31.6. The van der Waals surface area contributed by atoms with E-state index >= 15 is 0 Å². The number of hydrogen-bond donors (Lipinski definition) is 3. The molecule has 0 spiro atoms. The summed E-state index contributed by atoms with van der Waals surface area (Å²) in [5.41, 5.74) is 22.3. The van der Waals surface area contributed by atoms with Gasteiger partial charge in [0.1, 0.15) is 5.60 Å². The molecule has 530 valence electrons. The van der Waals surface area contributed by atoms with Crippen molar-refractivity contribution in [2.24, 2.45) is 0 Å². The topological polar surface area (TPSA) is 188 Å². The number of nitrogen functional groups attached to an aromatic ring is 1. The Morgan fingerprint density at radius 3 is 1.22 bits per heavy atom. The van der Waals surface area contributed by atoms with Gasteiger partial charge in [-0.25, -0.2) is 9.59 Å². The second-order valence-corrected chi connectivity index (χ2v) is 29.4. The number of anilines is 2. The maximum atomic E-state index is 13.9. The Morgan fingerprint density at radius 1 is 0.451 bits per heavy atom. The molecule has 16 rings (SSSR count). The lowest BCUT2D eigenvalue weighted by Gasteiger charge is -2.26. The molecule has 3 saturated carbocycles. The van der Waals surface area contributed by atoms with Crippen molar-refractivity contribution in [3.05, 3.63) is 215 Å². The lowest BCUT2D eigenvalue weighted by molar-refractivity contribution is 0.0365. The zero-order valence-electron chi connectivity index (χ0n) is 59.3. The van der Waals surface area contributed by atoms with Gasteiger partial charge < -0.3 is 43.5 Å². The Morgan fingerprint density at radius 2 is 0.824 bits per heavy atom. The van der Waals surface area contributed by atoms with Crippen LogP contribution < -0.4 is 11.1 Å². The first-order chi connectivity index (χ1) is 49.6. The highest BCUT2D eigenvalue weighted by molar-refractivity contribution is 6.04. The van der Waals surface area contributed by atoms with Gasteiger partial charge in [-0.3, -0.25) is 29.6 Å². The number of nitrogens with zero attached hydrogens (tertiary/aromatic N) is 6. The third kappa shape index (κ3) is 17.5. The summed E-state index contributed by atoms with van der Waals surface area (Å²) < 4.78 is 29.0. The molecule has 6 fully saturated rings. The fraction of sp³-hybridized carbons (Fsp3) is 0.388. The van der Waals surface area contributed by atoms with E-state index in [-0.39, 0.29) is 18.0 Å². The summed E-state index contributed by atoms with van der Waals surface area (Å²) in [6.07, 6.45) is 13.4. The second-order valence-electron chi connectivity index (χ2n) is 29.4. The lowest BCUT2D eigenvalue weighted by atomic mass is 9.94. The van der Waals surface area contributed by atoms with Crippen LogP contribution in [0.4, 0.5) is 16.2 Å². The maximum absolute atomic E-state index is 13.9. The fourth-order valence-corrected chi connectivity index (χ4v) is 14.7. The van der Waals surface area contributed by atoms with Gasteiger partial charge in [-0.2, -0.15) is 0 Å². The molecule has 3 aromatic heterocycles. The zero-order chi connectivity index (χ0) is 70.3. The van der Waals surface area contributed by atoms with Crippen molar-refractivity contribution in [1.29, 1.82) is 0 Å². The minimum absolute atomic E-state index is 0.0299. The van der Waals surface area contributed by atoms with Crippen molar-refractivity contribution >= 4 is 67.7 Å². The van der Waals surface area contributed by atoms with Gasteiger partial charge in [0.25, 0.3) is 0 Å². The molecule has 17 heteroatoms. The lowest BCUT2D eigenvalue weighted by Crippen LogP contribution is -2.38. The number of aromatic carboxylic acids is 1. The predicted molar refractivity (Wildman–Crippen MR) is 405 cm³/mol. The number of morpholine rings is 3. The van der Waals surface area contributed by atoms with Crippen molar-refractivity contribution in [3.8, 4) is 22.3 Å². The number of carbonyl (C=O) groups excluding carboxylic acids is 3. The molecule has 3 saturated heterocycles. The first-order valence-electron chi connectivity index (χ1n) is 36.8. The minimum atomic E-state index is -0.838. The quantitative estimate of drug-likeness (QED) is 0.0430. The predicted octanol–water partition coefficient (Wildman–Crippen LogP) is 15.4. The van der Waals surface area contributed by atoms with Gasteiger partial charge in [0.15, 0.2) is 11.6 Å². The Labute approximate surface area is 598 Å². The molecule has 6 heterocycles. The van der Waals surface area contributed by atoms with E-state index in [1.807, 2.05) is 118 Å². The Hall–Kier alpha value is -9.20. The summed E-state index contributed by atoms with van der Waals surface area (Å²) in [5, 5.41) is 15.5. The highest BCUT2D eigenvalue weighted by atomic mass is 16.6. The number of Topliss-reactive ketones (excluding diaryl/α,β-unsaturated/α-hetero) is 2. The van der Waals surface area contributed by atoms with Crippen LogP contribution in [0.5, 0.6) is 0 Å². The number of nitrogens with two attached hydrogens (primary N) is 1. The molecule has 1 amide bonds. The SMILES string of the molecule is CC(C)(C)OC(=O)Nc1ccc(-c2ccccc2)cc1CC(=O)c1cc(C2CC2)c2c(ccn2CCN2CCOCC2)c1.Nc1ccc(-c2ccccc2)cc1CC(=O)c1cc(C2CC2)c2c(ccn2CCN2CCOCC2)c1.O=C(O)c1cc(C2CC2)c2c(ccn2CCN2CCOCC2)c1. The molecule has 3 aliphatic carbocycles. The number of carbonyl (C=O) groups is 4. The van der Waals surface area contributed by atoms with Crippen molar-refractivity contribution in [3.63, 3.8) is 0 Å². The molecule has 0 atom stereocenters. The van der Waals surface area contributed by atoms with Gasteiger partial charge in [-0.15, -0.1) is 0 Å². The van der Waals surface area contributed by atoms with E-state index in [4.69, 9.17) is 24.7 Å². The number of carboxylic acid groups (broad SMARTS) is 1. The largest absolute Gasteiger partial charge is 0.478 e. The fourth-order valence-electron chi connectivity index (χ4n) is 14.7. The molecular weight excluding hydrogens is 1280 g/mol. The molecule has 17 nitrogen and oxygen atoms in total. The van der Waals surface area contributed by atoms with Crippen LogP contribution in [0.15, 0.2) is 170 Å². The molecule has 0 bridgehead atoms. The summed E-state index contributed by atoms with van der Waals surface area (Å²) >= 11 is 0. The van der Waals surface area contributed by atoms with Gasteiger partial charge in [0.2, 0.25) is 0 Å². The zero-order valence-corrected chi connectivity index (χ0v) is 59.3. The van der Waals surface area contributed by atoms with Crippen LogP contribution >= 0.6 is 0 Å². The normalized spacial score (nSPS) is 16.9. The van der Waals surface area contributed by atoms with Gasteiger partial charge in [0.05, 0.1) is 61.8 Å². The standard InChI is InChI=1S/C36H41N3O4.C31H33N3O2.C18H22N2O3/c1-36(2,3)43-35(41)37-32-12-11-27(25-7-5-4-6-8-25)21-29(32)24-33(40)30-22-28-13-14-39(16-15-38-17-19-42-20-18-38)34(28)31(23-30)26-9-10-26;32-29-9-8-24(22-4-2-1-3-5-22)18-26(29)21-30(35)27-19-25-10-11-34(13-12-33-14-16-36-17-15-33)31(25)28(20-27)23-6-7-23;21-18(22)15-11-14-3-4-20(6-5-19-7-9-23-10-8-19)17(14)16(12-15)13-1-2-13/h4-8,11-14,21-23,26H,9-10,15-20,24H2,1-3H3,(H,37,41);1-5,8-11,18-20,23H,6-7,12-17,21,32H2;3-4,11-13H,1-2,5-10H2,(H,21,22). The van der Waals surface area contributed by atoms with Gasteiger partial charge >= 0.3 is 12.1 Å². The maximum Gasteiger partial charge on any atom is 0.412 e. The van der Waals surface area contributed by atoms with E-state index in [0.29, 0.717) is 46.7 Å². The molecule has 7 aromatic carbocycles. The molecule has 4 N–H and O–H groups in total. The molecule has 0 radical (unpaired) electrons. The van der Waals surface area contributed by atoms with E-state index in [1.165, 1.54) is 58.9 Å². The molecule has 102 heavy (non-hydrogen) atoms. The first kappa shape index (κ1) is 69.9. The summed E-state index contributed by atoms with van der Waals surface area (Å²) in [6.45, 7) is 22.2. The highest BCUT2D eigenvalue weighted by Crippen LogP contribution is 2.47. The average Bonchev–Trinajstić information content (AvgIpc) is 1.61. The molecule has 0 unspecified atom stereocenters. The minimum Gasteiger partial charge on any atom is -0.478 e. The van der Waals surface area contributed by atoms with E-state index in [1.54, 1.807) is 6.07 Å². The Balaban J connectivity index is 0.000000135. The van der Waals surface area contributed by atoms with Crippen molar-refractivity contribution in [2.45, 2.75) is 115 Å². The van der Waals surface area contributed by atoms with Crippen molar-refractivity contribution < 1.29 is 43.2 Å². The molecular formula is C85H96N8O9. The van der Waals surface area contributed by atoms with Crippen molar-refractivity contribution in [1.82, 2.24) is 28.4 Å². The van der Waals surface area contributed by atoms with Crippen LogP contribution in [-0.2, 0) is 51.4 Å². The summed E-state index contributed by atoms with van der Waals surface area (Å²) in [4.78, 5) is 58.8. The number of ketones is 2. The number of carboxylic acids is 1. The first-order valence-corrected chi connectivity index (χ1v) is 36.8. The number of ether oxygens (including phenoxy) is 4. The number of benzene rings is 7. The third-order valence-electron chi connectivity index (χ3n) is 20.7.